The van der Waals surface area contributed by atoms with Gasteiger partial charge in [0, 0.05) is 47.4 Å². The normalized spacial score (nSPS) is 15.3. The number of amides is 2. The highest BCUT2D eigenvalue weighted by atomic mass is 32.1. The number of H-pyrrole nitrogens is 1. The zero-order chi connectivity index (χ0) is 40.8. The van der Waals surface area contributed by atoms with Crippen LogP contribution in [0.5, 0.6) is 0 Å². The fourth-order valence-electron chi connectivity index (χ4n) is 7.46. The highest BCUT2D eigenvalue weighted by Gasteiger charge is 2.51. The van der Waals surface area contributed by atoms with Crippen molar-refractivity contribution in [2.45, 2.75) is 57.8 Å². The predicted octanol–water partition coefficient (Wildman–Crippen LogP) is 8.35. The first-order valence-electron chi connectivity index (χ1n) is 18.2. The maximum Gasteiger partial charge on any atom is 0.417 e. The van der Waals surface area contributed by atoms with Crippen molar-refractivity contribution in [2.24, 2.45) is 0 Å². The summed E-state index contributed by atoms with van der Waals surface area (Å²) in [4.78, 5) is 44.6. The third kappa shape index (κ3) is 7.38. The van der Waals surface area contributed by atoms with Crippen LogP contribution < -0.4 is 20.4 Å². The van der Waals surface area contributed by atoms with Gasteiger partial charge in [-0.2, -0.15) is 18.4 Å². The molecule has 0 saturated carbocycles. The van der Waals surface area contributed by atoms with Gasteiger partial charge in [0.2, 0.25) is 0 Å². The number of aromatic amines is 1. The van der Waals surface area contributed by atoms with Crippen molar-refractivity contribution < 1.29 is 36.3 Å². The smallest absolute Gasteiger partial charge is 0.354 e. The van der Waals surface area contributed by atoms with Crippen LogP contribution in [-0.2, 0) is 23.9 Å². The summed E-state index contributed by atoms with van der Waals surface area (Å²) in [6, 6.07) is 18.7. The number of Topliss-reactive ketones (excluding diaryl/α,β-unsaturated/α-hetero) is 1. The SMILES string of the molecule is CC1(C)C(=O)N(c2ccc(C#N)c(C(F)(F)F)c2)C(=S)N1c1ccc(C(=O)NCCCNCc2ccc(-c3[nH]c4cc(F)cc5c4c3CCCC5=O)cc2)c(F)c1. The van der Waals surface area contributed by atoms with E-state index in [0.717, 1.165) is 44.8 Å². The van der Waals surface area contributed by atoms with Crippen molar-refractivity contribution in [3.63, 3.8) is 0 Å². The van der Waals surface area contributed by atoms with Crippen molar-refractivity contribution in [1.29, 1.82) is 5.26 Å². The number of alkyl halides is 3. The molecule has 2 heterocycles. The Morgan fingerprint density at radius 2 is 1.70 bits per heavy atom. The van der Waals surface area contributed by atoms with E-state index in [9.17, 15) is 31.9 Å². The molecular weight excluding hydrogens is 764 g/mol. The molecule has 2 amide bonds. The highest BCUT2D eigenvalue weighted by Crippen LogP contribution is 2.40. The average molecular weight is 799 g/mol. The van der Waals surface area contributed by atoms with E-state index < -0.39 is 46.3 Å². The van der Waals surface area contributed by atoms with Crippen molar-refractivity contribution in [3.8, 4) is 17.3 Å². The summed E-state index contributed by atoms with van der Waals surface area (Å²) in [5.41, 5.74) is 1.29. The summed E-state index contributed by atoms with van der Waals surface area (Å²) in [6.07, 6.45) is -2.53. The Balaban J connectivity index is 0.932. The fraction of sp³-hybridized carbons (Fsp3) is 0.262. The molecule has 2 aliphatic rings. The average Bonchev–Trinajstić information content (AvgIpc) is 3.54. The number of aromatic nitrogens is 1. The number of carbonyl (C=O) groups excluding carboxylic acids is 3. The molecule has 3 N–H and O–H groups in total. The minimum absolute atomic E-state index is 0.0482. The molecule has 5 aromatic rings. The third-order valence-electron chi connectivity index (χ3n) is 10.3. The number of benzene rings is 4. The number of nitrogens with one attached hydrogen (secondary N) is 3. The minimum Gasteiger partial charge on any atom is -0.354 e. The van der Waals surface area contributed by atoms with E-state index in [4.69, 9.17) is 17.5 Å². The molecule has 9 nitrogen and oxygen atoms in total. The Bertz CT molecular complexity index is 2510. The molecule has 57 heavy (non-hydrogen) atoms. The Kier molecular flexibility index (Phi) is 10.4. The van der Waals surface area contributed by atoms with Crippen molar-refractivity contribution in [1.82, 2.24) is 15.6 Å². The molecule has 0 unspecified atom stereocenters. The summed E-state index contributed by atoms with van der Waals surface area (Å²) >= 11 is 5.52. The second-order valence-electron chi connectivity index (χ2n) is 14.4. The number of halogens is 5. The Morgan fingerprint density at radius 1 is 0.965 bits per heavy atom. The zero-order valence-electron chi connectivity index (χ0n) is 30.7. The minimum atomic E-state index is -4.86. The second-order valence-corrected chi connectivity index (χ2v) is 14.8. The number of nitriles is 1. The molecule has 0 radical (unpaired) electrons. The summed E-state index contributed by atoms with van der Waals surface area (Å²) in [5, 5.41) is 15.8. The first-order chi connectivity index (χ1) is 27.1. The van der Waals surface area contributed by atoms with Crippen molar-refractivity contribution in [2.75, 3.05) is 22.9 Å². The molecule has 292 valence electrons. The number of carbonyl (C=O) groups is 3. The lowest BCUT2D eigenvalue weighted by atomic mass is 9.99. The Morgan fingerprint density at radius 3 is 2.40 bits per heavy atom. The van der Waals surface area contributed by atoms with Gasteiger partial charge in [0.25, 0.3) is 11.8 Å². The maximum absolute atomic E-state index is 15.4. The van der Waals surface area contributed by atoms with Gasteiger partial charge in [-0.05, 0) is 117 Å². The van der Waals surface area contributed by atoms with Crippen molar-refractivity contribution >= 4 is 57.2 Å². The predicted molar refractivity (Wildman–Crippen MR) is 209 cm³/mol. The first-order valence-corrected chi connectivity index (χ1v) is 18.6. The van der Waals surface area contributed by atoms with Crippen LogP contribution in [0.4, 0.5) is 33.3 Å². The topological polar surface area (TPSA) is 121 Å². The van der Waals surface area contributed by atoms with Crippen LogP contribution in [0.1, 0.15) is 76.1 Å². The summed E-state index contributed by atoms with van der Waals surface area (Å²) in [6.45, 7) is 4.33. The molecule has 0 bridgehead atoms. The van der Waals surface area contributed by atoms with Gasteiger partial charge in [-0.15, -0.1) is 0 Å². The summed E-state index contributed by atoms with van der Waals surface area (Å²) < 4.78 is 70.7. The highest BCUT2D eigenvalue weighted by molar-refractivity contribution is 7.81. The molecule has 15 heteroatoms. The number of nitrogens with zero attached hydrogens (tertiary/aromatic N) is 3. The van der Waals surface area contributed by atoms with E-state index in [2.05, 4.69) is 15.6 Å². The molecule has 1 aliphatic heterocycles. The van der Waals surface area contributed by atoms with Gasteiger partial charge in [0.15, 0.2) is 10.9 Å². The van der Waals surface area contributed by atoms with Crippen LogP contribution >= 0.6 is 12.2 Å². The van der Waals surface area contributed by atoms with Gasteiger partial charge in [-0.25, -0.2) is 8.78 Å². The maximum atomic E-state index is 15.4. The number of rotatable bonds is 10. The van der Waals surface area contributed by atoms with E-state index >= 15 is 4.39 Å². The third-order valence-corrected chi connectivity index (χ3v) is 10.7. The lowest BCUT2D eigenvalue weighted by Gasteiger charge is -2.29. The number of ketones is 1. The van der Waals surface area contributed by atoms with Crippen LogP contribution in [0, 0.1) is 23.0 Å². The van der Waals surface area contributed by atoms with Crippen LogP contribution in [0.15, 0.2) is 72.8 Å². The second kappa shape index (κ2) is 15.2. The Hall–Kier alpha value is -5.98. The van der Waals surface area contributed by atoms with E-state index in [0.29, 0.717) is 55.9 Å². The number of hydrogen-bond acceptors (Lipinski definition) is 6. The monoisotopic (exact) mass is 798 g/mol. The number of aryl methyl sites for hydroxylation is 1. The van der Waals surface area contributed by atoms with Crippen LogP contribution in [0.2, 0.25) is 0 Å². The van der Waals surface area contributed by atoms with Gasteiger partial charge in [0.1, 0.15) is 17.2 Å². The number of hydrogen-bond donors (Lipinski definition) is 3. The quantitative estimate of drug-likeness (QED) is 0.0738. The standard InChI is InChI=1S/C42H35F5N6O3S/c1-41(2)39(56)52(27-12-11-25(21-48)32(19-27)42(45,46)47)40(57)53(41)28-13-14-29(33(44)20-28)38(55)50-16-4-15-49-22-23-7-9-24(10-8-23)37-30-5-3-6-35(54)31-17-26(43)18-34(51-37)36(30)31/h7-14,17-20,49,51H,3-6,15-16,22H2,1-2H3,(H,50,55). The molecule has 0 spiro atoms. The summed E-state index contributed by atoms with van der Waals surface area (Å²) in [7, 11) is 0. The largest absolute Gasteiger partial charge is 0.417 e. The van der Waals surface area contributed by atoms with Crippen molar-refractivity contribution in [3.05, 3.63) is 118 Å². The van der Waals surface area contributed by atoms with Crippen LogP contribution in [0.3, 0.4) is 0 Å². The van der Waals surface area contributed by atoms with Gasteiger partial charge in [0.05, 0.1) is 28.4 Å². The summed E-state index contributed by atoms with van der Waals surface area (Å²) in [5.74, 6) is -2.70. The molecule has 1 saturated heterocycles. The van der Waals surface area contributed by atoms with E-state index in [1.165, 1.54) is 55.1 Å². The Labute approximate surface area is 329 Å². The molecular formula is C42H35F5N6O3S. The molecule has 1 fully saturated rings. The van der Waals surface area contributed by atoms with Gasteiger partial charge in [-0.3, -0.25) is 19.3 Å². The fourth-order valence-corrected chi connectivity index (χ4v) is 7.98. The van der Waals surface area contributed by atoms with E-state index in [-0.39, 0.29) is 34.4 Å². The van der Waals surface area contributed by atoms with E-state index in [1.807, 2.05) is 24.3 Å². The molecule has 4 aromatic carbocycles. The van der Waals surface area contributed by atoms with Crippen LogP contribution in [-0.4, -0.2) is 46.3 Å². The first kappa shape index (κ1) is 39.3. The molecule has 1 aromatic heterocycles. The zero-order valence-corrected chi connectivity index (χ0v) is 31.6. The van der Waals surface area contributed by atoms with Crippen LogP contribution in [0.25, 0.3) is 22.2 Å². The lowest BCUT2D eigenvalue weighted by molar-refractivity contribution is -0.137. The molecule has 7 rings (SSSR count). The van der Waals surface area contributed by atoms with E-state index in [1.54, 1.807) is 0 Å². The number of anilines is 2. The molecule has 0 atom stereocenters. The number of thiocarbonyl (C=S) groups is 1. The van der Waals surface area contributed by atoms with Gasteiger partial charge >= 0.3 is 6.18 Å². The lowest BCUT2D eigenvalue weighted by Crippen LogP contribution is -2.44. The van der Waals surface area contributed by atoms with Gasteiger partial charge in [-0.1, -0.05) is 24.3 Å². The van der Waals surface area contributed by atoms with Gasteiger partial charge < -0.3 is 20.5 Å². The molecule has 1 aliphatic carbocycles.